The normalized spacial score (nSPS) is 15.8. The fourth-order valence-corrected chi connectivity index (χ4v) is 3.17. The van der Waals surface area contributed by atoms with E-state index in [1.807, 2.05) is 0 Å². The molecule has 0 bridgehead atoms. The summed E-state index contributed by atoms with van der Waals surface area (Å²) in [4.78, 5) is 16.1. The average molecular weight is 329 g/mol. The number of nitrogens with zero attached hydrogens (tertiary/aromatic N) is 3. The van der Waals surface area contributed by atoms with Crippen LogP contribution in [0.4, 0.5) is 8.78 Å². The first kappa shape index (κ1) is 15.1. The molecule has 3 aromatic rings. The van der Waals surface area contributed by atoms with Crippen LogP contribution in [-0.2, 0) is 13.6 Å². The number of pyridine rings is 1. The number of benzene rings is 1. The summed E-state index contributed by atoms with van der Waals surface area (Å²) < 4.78 is 31.9. The van der Waals surface area contributed by atoms with Gasteiger partial charge in [-0.2, -0.15) is 4.39 Å². The number of rotatable bonds is 3. The lowest BCUT2D eigenvalue weighted by Crippen LogP contribution is -2.25. The number of hydrogen-bond donors (Lipinski definition) is 0. The molecule has 6 heteroatoms. The van der Waals surface area contributed by atoms with Gasteiger partial charge in [0.15, 0.2) is 5.82 Å². The number of imidazole rings is 1. The van der Waals surface area contributed by atoms with Gasteiger partial charge in [0.1, 0.15) is 5.52 Å². The van der Waals surface area contributed by atoms with E-state index in [1.54, 1.807) is 23.7 Å². The van der Waals surface area contributed by atoms with Crippen molar-refractivity contribution in [3.05, 3.63) is 52.7 Å². The fourth-order valence-electron chi connectivity index (χ4n) is 3.17. The molecule has 1 fully saturated rings. The molecule has 2 aromatic heterocycles. The molecule has 0 radical (unpaired) electrons. The van der Waals surface area contributed by atoms with Gasteiger partial charge in [0.25, 0.3) is 0 Å². The van der Waals surface area contributed by atoms with Gasteiger partial charge in [-0.1, -0.05) is 6.92 Å². The van der Waals surface area contributed by atoms with Crippen LogP contribution < -0.4 is 5.69 Å². The van der Waals surface area contributed by atoms with Crippen LogP contribution in [0.15, 0.2) is 35.3 Å². The van der Waals surface area contributed by atoms with Crippen molar-refractivity contribution in [3.8, 4) is 11.1 Å². The van der Waals surface area contributed by atoms with Gasteiger partial charge < -0.3 is 0 Å². The number of fused-ring (bicyclic) bond motifs is 1. The van der Waals surface area contributed by atoms with Crippen LogP contribution in [0.5, 0.6) is 0 Å². The molecule has 0 atom stereocenters. The number of halogens is 2. The van der Waals surface area contributed by atoms with Gasteiger partial charge in [-0.05, 0) is 42.5 Å². The maximum atomic E-state index is 15.1. The highest BCUT2D eigenvalue weighted by Crippen LogP contribution is 2.46. The molecule has 4 rings (SSSR count). The van der Waals surface area contributed by atoms with Gasteiger partial charge in [-0.15, -0.1) is 0 Å². The minimum absolute atomic E-state index is 0.0891. The van der Waals surface area contributed by atoms with E-state index in [4.69, 9.17) is 0 Å². The van der Waals surface area contributed by atoms with E-state index in [1.165, 1.54) is 22.9 Å². The van der Waals surface area contributed by atoms with E-state index in [0.29, 0.717) is 12.1 Å². The molecule has 0 aliphatic heterocycles. The minimum atomic E-state index is -0.731. The largest absolute Gasteiger partial charge is 0.328 e. The number of aryl methyl sites for hydroxylation is 1. The molecule has 1 aliphatic carbocycles. The lowest BCUT2D eigenvalue weighted by Gasteiger charge is -2.10. The van der Waals surface area contributed by atoms with E-state index < -0.39 is 11.8 Å². The second kappa shape index (κ2) is 5.00. The second-order valence-corrected chi connectivity index (χ2v) is 6.88. The Balaban J connectivity index is 1.96. The maximum Gasteiger partial charge on any atom is 0.328 e. The van der Waals surface area contributed by atoms with E-state index in [9.17, 15) is 9.18 Å². The van der Waals surface area contributed by atoms with Gasteiger partial charge in [0.2, 0.25) is 5.95 Å². The molecule has 124 valence electrons. The van der Waals surface area contributed by atoms with E-state index >= 15 is 4.39 Å². The zero-order valence-electron chi connectivity index (χ0n) is 13.5. The smallest absolute Gasteiger partial charge is 0.292 e. The van der Waals surface area contributed by atoms with Crippen molar-refractivity contribution in [1.29, 1.82) is 0 Å². The maximum absolute atomic E-state index is 15.1. The van der Waals surface area contributed by atoms with E-state index in [-0.39, 0.29) is 27.7 Å². The first-order valence-corrected chi connectivity index (χ1v) is 7.90. The predicted molar refractivity (Wildman–Crippen MR) is 87.7 cm³/mol. The van der Waals surface area contributed by atoms with Crippen molar-refractivity contribution < 1.29 is 8.78 Å². The zero-order chi connectivity index (χ0) is 17.1. The summed E-state index contributed by atoms with van der Waals surface area (Å²) in [7, 11) is 1.54. The van der Waals surface area contributed by atoms with Gasteiger partial charge in [-0.3, -0.25) is 9.13 Å². The second-order valence-electron chi connectivity index (χ2n) is 6.88. The summed E-state index contributed by atoms with van der Waals surface area (Å²) >= 11 is 0. The molecule has 0 unspecified atom stereocenters. The number of aromatic nitrogens is 3. The summed E-state index contributed by atoms with van der Waals surface area (Å²) in [6.45, 7) is 2.69. The highest BCUT2D eigenvalue weighted by Gasteiger charge is 2.38. The van der Waals surface area contributed by atoms with Crippen molar-refractivity contribution in [2.45, 2.75) is 26.3 Å². The minimum Gasteiger partial charge on any atom is -0.292 e. The Kier molecular flexibility index (Phi) is 3.13. The Morgan fingerprint density at radius 3 is 2.62 bits per heavy atom. The molecule has 2 heterocycles. The van der Waals surface area contributed by atoms with Gasteiger partial charge >= 0.3 is 5.69 Å². The summed E-state index contributed by atoms with van der Waals surface area (Å²) in [5.74, 6) is -1.33. The third-order valence-electron chi connectivity index (χ3n) is 4.93. The number of hydrogen-bond acceptors (Lipinski definition) is 2. The predicted octanol–water partition coefficient (Wildman–Crippen LogP) is 3.48. The molecule has 4 nitrogen and oxygen atoms in total. The van der Waals surface area contributed by atoms with Crippen LogP contribution in [0, 0.1) is 17.2 Å². The zero-order valence-corrected chi connectivity index (χ0v) is 13.5. The standard InChI is InChI=1S/C18H17F2N3O/c1-18(7-8-18)10-23-13-6-5-11(12-4-3-9-21-16(12)20)14(19)15(13)22(2)17(23)24/h3-6,9H,7-8,10H2,1-2H3. The Bertz CT molecular complexity index is 1020. The molecule has 24 heavy (non-hydrogen) atoms. The summed E-state index contributed by atoms with van der Waals surface area (Å²) in [5, 5.41) is 0. The molecule has 0 N–H and O–H groups in total. The van der Waals surface area contributed by atoms with Gasteiger partial charge in [0, 0.05) is 30.9 Å². The SMILES string of the molecule is Cn1c(=O)n(CC2(C)CC2)c2ccc(-c3cccnc3F)c(F)c21. The quantitative estimate of drug-likeness (QED) is 0.690. The van der Waals surface area contributed by atoms with Crippen LogP contribution in [0.25, 0.3) is 22.2 Å². The van der Waals surface area contributed by atoms with E-state index in [0.717, 1.165) is 12.8 Å². The van der Waals surface area contributed by atoms with Crippen molar-refractivity contribution in [2.24, 2.45) is 12.5 Å². The molecular formula is C18H17F2N3O. The van der Waals surface area contributed by atoms with Crippen LogP contribution in [0.2, 0.25) is 0 Å². The van der Waals surface area contributed by atoms with Crippen LogP contribution in [0.1, 0.15) is 19.8 Å². The average Bonchev–Trinajstić information content (AvgIpc) is 3.24. The lowest BCUT2D eigenvalue weighted by atomic mass is 10.1. The van der Waals surface area contributed by atoms with Crippen LogP contribution in [0.3, 0.4) is 0 Å². The van der Waals surface area contributed by atoms with Crippen molar-refractivity contribution in [3.63, 3.8) is 0 Å². The first-order chi connectivity index (χ1) is 11.4. The van der Waals surface area contributed by atoms with Gasteiger partial charge in [0.05, 0.1) is 5.52 Å². The highest BCUT2D eigenvalue weighted by atomic mass is 19.1. The summed E-state index contributed by atoms with van der Waals surface area (Å²) in [6, 6.07) is 6.24. The molecule has 0 amide bonds. The third kappa shape index (κ3) is 2.17. The third-order valence-corrected chi connectivity index (χ3v) is 4.93. The lowest BCUT2D eigenvalue weighted by molar-refractivity contribution is 0.460. The molecule has 1 aliphatic rings. The summed E-state index contributed by atoms with van der Waals surface area (Å²) in [5.41, 5.74) is 0.805. The molecule has 1 aromatic carbocycles. The summed E-state index contributed by atoms with van der Waals surface area (Å²) in [6.07, 6.45) is 3.45. The van der Waals surface area contributed by atoms with Crippen molar-refractivity contribution in [2.75, 3.05) is 0 Å². The van der Waals surface area contributed by atoms with Gasteiger partial charge in [-0.25, -0.2) is 14.2 Å². The Hall–Kier alpha value is -2.50. The Morgan fingerprint density at radius 1 is 1.21 bits per heavy atom. The van der Waals surface area contributed by atoms with E-state index in [2.05, 4.69) is 11.9 Å². The molecular weight excluding hydrogens is 312 g/mol. The molecule has 0 saturated heterocycles. The fraction of sp³-hybridized carbons (Fsp3) is 0.333. The monoisotopic (exact) mass is 329 g/mol. The Labute approximate surface area is 137 Å². The molecule has 0 spiro atoms. The van der Waals surface area contributed by atoms with Crippen molar-refractivity contribution in [1.82, 2.24) is 14.1 Å². The molecule has 1 saturated carbocycles. The Morgan fingerprint density at radius 2 is 1.96 bits per heavy atom. The van der Waals surface area contributed by atoms with Crippen molar-refractivity contribution >= 4 is 11.0 Å². The highest BCUT2D eigenvalue weighted by molar-refractivity contribution is 5.83. The topological polar surface area (TPSA) is 39.8 Å². The first-order valence-electron chi connectivity index (χ1n) is 7.90. The van der Waals surface area contributed by atoms with Crippen LogP contribution >= 0.6 is 0 Å². The van der Waals surface area contributed by atoms with Crippen LogP contribution in [-0.4, -0.2) is 14.1 Å².